The van der Waals surface area contributed by atoms with Crippen LogP contribution < -0.4 is 9.80 Å². The topological polar surface area (TPSA) is 83.8 Å². The van der Waals surface area contributed by atoms with Gasteiger partial charge in [0.25, 0.3) is 17.5 Å². The molecular formula is C18H14ClN3O4. The molecule has 0 aromatic heterocycles. The van der Waals surface area contributed by atoms with Crippen LogP contribution in [0, 0.1) is 10.1 Å². The third-order valence-corrected chi connectivity index (χ3v) is 4.35. The SMILES string of the molecule is CN(C)c1cccc(N2C(=O)C(Cl)=C(c3ccc([N+](=O)[O-])cc3)C2=O)c1. The van der Waals surface area contributed by atoms with E-state index in [9.17, 15) is 19.7 Å². The van der Waals surface area contributed by atoms with E-state index in [2.05, 4.69) is 0 Å². The Morgan fingerprint density at radius 2 is 1.69 bits per heavy atom. The minimum atomic E-state index is -0.624. The molecule has 1 heterocycles. The zero-order chi connectivity index (χ0) is 19.0. The number of carbonyl (C=O) groups excluding carboxylic acids is 2. The maximum absolute atomic E-state index is 12.8. The van der Waals surface area contributed by atoms with Crippen molar-refractivity contribution >= 4 is 46.1 Å². The fourth-order valence-corrected chi connectivity index (χ4v) is 2.92. The average molecular weight is 372 g/mol. The summed E-state index contributed by atoms with van der Waals surface area (Å²) in [4.78, 5) is 38.5. The Morgan fingerprint density at radius 3 is 2.27 bits per heavy atom. The number of halogens is 1. The van der Waals surface area contributed by atoms with Crippen molar-refractivity contribution in [2.24, 2.45) is 0 Å². The number of benzene rings is 2. The van der Waals surface area contributed by atoms with E-state index < -0.39 is 16.7 Å². The van der Waals surface area contributed by atoms with Crippen LogP contribution in [0.2, 0.25) is 0 Å². The lowest BCUT2D eigenvalue weighted by Crippen LogP contribution is -2.31. The van der Waals surface area contributed by atoms with Gasteiger partial charge in [-0.3, -0.25) is 19.7 Å². The molecule has 8 heteroatoms. The normalized spacial score (nSPS) is 14.2. The van der Waals surface area contributed by atoms with E-state index >= 15 is 0 Å². The second-order valence-electron chi connectivity index (χ2n) is 5.85. The van der Waals surface area contributed by atoms with E-state index in [-0.39, 0.29) is 16.3 Å². The van der Waals surface area contributed by atoms with Gasteiger partial charge in [0.1, 0.15) is 5.03 Å². The number of nitrogens with zero attached hydrogens (tertiary/aromatic N) is 3. The summed E-state index contributed by atoms with van der Waals surface area (Å²) in [5.74, 6) is -1.19. The minimum absolute atomic E-state index is 0.0295. The summed E-state index contributed by atoms with van der Waals surface area (Å²) < 4.78 is 0. The van der Waals surface area contributed by atoms with Gasteiger partial charge in [0.2, 0.25) is 0 Å². The standard InChI is InChI=1S/C18H14ClN3O4/c1-20(2)13-4-3-5-14(10-13)21-17(23)15(16(19)18(21)24)11-6-8-12(9-7-11)22(25)26/h3-10H,1-2H3. The van der Waals surface area contributed by atoms with Crippen molar-refractivity contribution in [3.05, 3.63) is 69.2 Å². The molecule has 0 aliphatic carbocycles. The summed E-state index contributed by atoms with van der Waals surface area (Å²) in [5, 5.41) is 10.6. The van der Waals surface area contributed by atoms with Gasteiger partial charge >= 0.3 is 0 Å². The molecule has 0 atom stereocenters. The highest BCUT2D eigenvalue weighted by Crippen LogP contribution is 2.36. The molecule has 0 radical (unpaired) electrons. The average Bonchev–Trinajstić information content (AvgIpc) is 2.84. The first-order valence-corrected chi connectivity index (χ1v) is 8.00. The predicted molar refractivity (Wildman–Crippen MR) is 99.1 cm³/mol. The molecule has 2 aromatic carbocycles. The highest BCUT2D eigenvalue weighted by Gasteiger charge is 2.39. The molecular weight excluding hydrogens is 358 g/mol. The zero-order valence-electron chi connectivity index (χ0n) is 14.0. The molecule has 0 saturated heterocycles. The van der Waals surface area contributed by atoms with Crippen LogP contribution in [0.15, 0.2) is 53.6 Å². The summed E-state index contributed by atoms with van der Waals surface area (Å²) in [7, 11) is 3.69. The number of nitro benzene ring substituents is 1. The maximum atomic E-state index is 12.8. The van der Waals surface area contributed by atoms with E-state index in [1.54, 1.807) is 18.2 Å². The number of rotatable bonds is 4. The first-order valence-electron chi connectivity index (χ1n) is 7.62. The van der Waals surface area contributed by atoms with Crippen LogP contribution in [-0.2, 0) is 9.59 Å². The molecule has 7 nitrogen and oxygen atoms in total. The van der Waals surface area contributed by atoms with Crippen molar-refractivity contribution in [3.8, 4) is 0 Å². The van der Waals surface area contributed by atoms with Crippen LogP contribution in [0.1, 0.15) is 5.56 Å². The molecule has 26 heavy (non-hydrogen) atoms. The van der Waals surface area contributed by atoms with E-state index in [4.69, 9.17) is 11.6 Å². The van der Waals surface area contributed by atoms with Gasteiger partial charge in [0, 0.05) is 31.9 Å². The minimum Gasteiger partial charge on any atom is -0.378 e. The lowest BCUT2D eigenvalue weighted by Gasteiger charge is -2.18. The van der Waals surface area contributed by atoms with Crippen LogP contribution >= 0.6 is 11.6 Å². The number of non-ortho nitro benzene ring substituents is 1. The van der Waals surface area contributed by atoms with Crippen LogP contribution in [0.4, 0.5) is 17.1 Å². The Kier molecular flexibility index (Phi) is 4.48. The Balaban J connectivity index is 2.00. The molecule has 1 aliphatic rings. The van der Waals surface area contributed by atoms with Crippen LogP contribution in [0.3, 0.4) is 0 Å². The fraction of sp³-hybridized carbons (Fsp3) is 0.111. The molecule has 2 aromatic rings. The lowest BCUT2D eigenvalue weighted by atomic mass is 10.1. The van der Waals surface area contributed by atoms with Crippen molar-refractivity contribution in [2.45, 2.75) is 0 Å². The first-order chi connectivity index (χ1) is 12.3. The highest BCUT2D eigenvalue weighted by atomic mass is 35.5. The van der Waals surface area contributed by atoms with Crippen LogP contribution in [0.25, 0.3) is 5.57 Å². The fourth-order valence-electron chi connectivity index (χ4n) is 2.65. The summed E-state index contributed by atoms with van der Waals surface area (Å²) in [6, 6.07) is 12.3. The summed E-state index contributed by atoms with van der Waals surface area (Å²) >= 11 is 6.13. The van der Waals surface area contributed by atoms with Crippen molar-refractivity contribution in [2.75, 3.05) is 23.9 Å². The molecule has 3 rings (SSSR count). The number of hydrogen-bond acceptors (Lipinski definition) is 5. The quantitative estimate of drug-likeness (QED) is 0.468. The van der Waals surface area contributed by atoms with Gasteiger partial charge in [-0.2, -0.15) is 0 Å². The van der Waals surface area contributed by atoms with E-state index in [1.807, 2.05) is 25.1 Å². The number of imide groups is 1. The second-order valence-corrected chi connectivity index (χ2v) is 6.23. The van der Waals surface area contributed by atoms with Crippen LogP contribution in [-0.4, -0.2) is 30.8 Å². The van der Waals surface area contributed by atoms with E-state index in [1.165, 1.54) is 24.3 Å². The second kappa shape index (κ2) is 6.61. The number of amides is 2. The van der Waals surface area contributed by atoms with Crippen LogP contribution in [0.5, 0.6) is 0 Å². The van der Waals surface area contributed by atoms with Gasteiger partial charge in [-0.25, -0.2) is 4.90 Å². The zero-order valence-corrected chi connectivity index (χ0v) is 14.7. The molecule has 0 unspecified atom stereocenters. The Morgan fingerprint density at radius 1 is 1.04 bits per heavy atom. The van der Waals surface area contributed by atoms with Crippen molar-refractivity contribution in [3.63, 3.8) is 0 Å². The van der Waals surface area contributed by atoms with Gasteiger partial charge in [-0.15, -0.1) is 0 Å². The number of anilines is 2. The third-order valence-electron chi connectivity index (χ3n) is 4.00. The van der Waals surface area contributed by atoms with Gasteiger partial charge in [0.15, 0.2) is 0 Å². The molecule has 132 valence electrons. The van der Waals surface area contributed by atoms with Crippen molar-refractivity contribution in [1.29, 1.82) is 0 Å². The number of nitro groups is 1. The molecule has 0 N–H and O–H groups in total. The molecule has 0 bridgehead atoms. The summed E-state index contributed by atoms with van der Waals surface area (Å²) in [5.41, 5.74) is 1.49. The van der Waals surface area contributed by atoms with Gasteiger partial charge in [-0.1, -0.05) is 17.7 Å². The highest BCUT2D eigenvalue weighted by molar-refractivity contribution is 6.60. The number of hydrogen-bond donors (Lipinski definition) is 0. The molecule has 0 fully saturated rings. The molecule has 0 spiro atoms. The smallest absolute Gasteiger partial charge is 0.277 e. The third kappa shape index (κ3) is 2.93. The van der Waals surface area contributed by atoms with E-state index in [0.29, 0.717) is 11.3 Å². The molecule has 1 aliphatic heterocycles. The largest absolute Gasteiger partial charge is 0.378 e. The summed E-state index contributed by atoms with van der Waals surface area (Å²) in [6.07, 6.45) is 0. The van der Waals surface area contributed by atoms with E-state index in [0.717, 1.165) is 10.6 Å². The summed E-state index contributed by atoms with van der Waals surface area (Å²) in [6.45, 7) is 0. The molecule has 2 amide bonds. The lowest BCUT2D eigenvalue weighted by molar-refractivity contribution is -0.384. The first kappa shape index (κ1) is 17.6. The Labute approximate surface area is 154 Å². The number of carbonyl (C=O) groups is 2. The Bertz CT molecular complexity index is 951. The van der Waals surface area contributed by atoms with Crippen molar-refractivity contribution in [1.82, 2.24) is 0 Å². The van der Waals surface area contributed by atoms with Gasteiger partial charge in [0.05, 0.1) is 16.2 Å². The predicted octanol–water partition coefficient (Wildman–Crippen LogP) is 3.18. The van der Waals surface area contributed by atoms with Gasteiger partial charge < -0.3 is 4.90 Å². The molecule has 0 saturated carbocycles. The Hall–Kier alpha value is -3.19. The van der Waals surface area contributed by atoms with Gasteiger partial charge in [-0.05, 0) is 35.9 Å². The monoisotopic (exact) mass is 371 g/mol. The maximum Gasteiger partial charge on any atom is 0.277 e. The van der Waals surface area contributed by atoms with Crippen molar-refractivity contribution < 1.29 is 14.5 Å².